The van der Waals surface area contributed by atoms with E-state index in [1.807, 2.05) is 18.4 Å². The van der Waals surface area contributed by atoms with Crippen LogP contribution in [0.15, 0.2) is 42.1 Å². The van der Waals surface area contributed by atoms with E-state index < -0.39 is 0 Å². The van der Waals surface area contributed by atoms with Crippen molar-refractivity contribution in [3.63, 3.8) is 0 Å². The van der Waals surface area contributed by atoms with E-state index >= 15 is 0 Å². The number of aromatic nitrogens is 2. The van der Waals surface area contributed by atoms with Crippen LogP contribution in [0, 0.1) is 5.82 Å². The van der Waals surface area contributed by atoms with Crippen LogP contribution in [0.25, 0.3) is 27.6 Å². The number of hydrogen-bond donors (Lipinski definition) is 0. The molecule has 0 bridgehead atoms. The normalized spacial score (nSPS) is 11.3. The molecule has 3 nitrogen and oxygen atoms in total. The van der Waals surface area contributed by atoms with Crippen molar-refractivity contribution < 1.29 is 9.13 Å². The molecule has 0 aliphatic heterocycles. The van der Waals surface area contributed by atoms with Gasteiger partial charge in [0.25, 0.3) is 0 Å². The Morgan fingerprint density at radius 1 is 1.33 bits per heavy atom. The maximum atomic E-state index is 13.7. The highest BCUT2D eigenvalue weighted by atomic mass is 32.1. The number of thiophene rings is 1. The molecule has 0 atom stereocenters. The van der Waals surface area contributed by atoms with Gasteiger partial charge >= 0.3 is 0 Å². The van der Waals surface area contributed by atoms with Crippen LogP contribution in [0.4, 0.5) is 4.39 Å². The summed E-state index contributed by atoms with van der Waals surface area (Å²) in [5, 5.41) is 2.73. The topological polar surface area (TPSA) is 35.0 Å². The van der Waals surface area contributed by atoms with Crippen molar-refractivity contribution in [2.45, 2.75) is 6.92 Å². The highest BCUT2D eigenvalue weighted by Gasteiger charge is 2.11. The summed E-state index contributed by atoms with van der Waals surface area (Å²) in [5.41, 5.74) is 1.60. The first kappa shape index (κ1) is 13.7. The zero-order valence-electron chi connectivity index (χ0n) is 11.4. The molecule has 3 aromatic rings. The lowest BCUT2D eigenvalue weighted by Gasteiger charge is -2.00. The minimum atomic E-state index is -0.212. The van der Waals surface area contributed by atoms with Crippen LogP contribution in [-0.4, -0.2) is 16.6 Å². The van der Waals surface area contributed by atoms with Crippen molar-refractivity contribution in [2.75, 3.05) is 6.61 Å². The van der Waals surface area contributed by atoms with Gasteiger partial charge in [0.15, 0.2) is 5.82 Å². The van der Waals surface area contributed by atoms with Crippen LogP contribution in [0.5, 0.6) is 0 Å². The minimum absolute atomic E-state index is 0.212. The second kappa shape index (κ2) is 6.01. The molecular weight excluding hydrogens is 287 g/mol. The number of ether oxygens (including phenoxy) is 1. The molecule has 0 spiro atoms. The van der Waals surface area contributed by atoms with Crippen LogP contribution < -0.4 is 0 Å². The van der Waals surface area contributed by atoms with E-state index in [2.05, 4.69) is 9.97 Å². The summed E-state index contributed by atoms with van der Waals surface area (Å²) in [7, 11) is 0. The van der Waals surface area contributed by atoms with Gasteiger partial charge in [-0.3, -0.25) is 0 Å². The first-order valence-electron chi connectivity index (χ1n) is 6.57. The predicted molar refractivity (Wildman–Crippen MR) is 83.5 cm³/mol. The van der Waals surface area contributed by atoms with E-state index in [0.717, 1.165) is 16.6 Å². The summed E-state index contributed by atoms with van der Waals surface area (Å²) < 4.78 is 19.5. The zero-order valence-corrected chi connectivity index (χ0v) is 12.2. The smallest absolute Gasteiger partial charge is 0.161 e. The Labute approximate surface area is 125 Å². The number of halogens is 1. The Balaban J connectivity index is 2.03. The third kappa shape index (κ3) is 2.78. The van der Waals surface area contributed by atoms with Crippen LogP contribution in [0.1, 0.15) is 12.6 Å². The second-order valence-electron chi connectivity index (χ2n) is 4.33. The molecule has 0 unspecified atom stereocenters. The Kier molecular flexibility index (Phi) is 3.92. The fourth-order valence-electron chi connectivity index (χ4n) is 2.00. The Bertz CT molecular complexity index is 798. The molecule has 5 heteroatoms. The molecular formula is C16H13FN2OS. The monoisotopic (exact) mass is 300 g/mol. The molecule has 0 saturated carbocycles. The summed E-state index contributed by atoms with van der Waals surface area (Å²) in [4.78, 5) is 8.76. The maximum Gasteiger partial charge on any atom is 0.161 e. The standard InChI is InChI=1S/C16H13FN2OS/c1-2-20-9-7-11-6-8-18-16(19-11)13-10-21-15-12(13)4-3-5-14(15)17/h3-10H,2H2,1H3. The highest BCUT2D eigenvalue weighted by Crippen LogP contribution is 2.33. The molecule has 2 heterocycles. The molecule has 106 valence electrons. The molecule has 2 aromatic heterocycles. The molecule has 0 amide bonds. The van der Waals surface area contributed by atoms with Crippen molar-refractivity contribution in [2.24, 2.45) is 0 Å². The van der Waals surface area contributed by atoms with Crippen LogP contribution in [-0.2, 0) is 4.74 Å². The molecule has 0 aliphatic rings. The summed E-state index contributed by atoms with van der Waals surface area (Å²) in [6.07, 6.45) is 5.08. The van der Waals surface area contributed by atoms with Crippen molar-refractivity contribution in [3.8, 4) is 11.4 Å². The van der Waals surface area contributed by atoms with Gasteiger partial charge in [0.2, 0.25) is 0 Å². The van der Waals surface area contributed by atoms with Gasteiger partial charge in [-0.15, -0.1) is 11.3 Å². The molecule has 0 saturated heterocycles. The SMILES string of the molecule is CCOC=Cc1ccnc(-c2csc3c(F)cccc23)n1. The summed E-state index contributed by atoms with van der Waals surface area (Å²) in [6, 6.07) is 6.85. The third-order valence-electron chi connectivity index (χ3n) is 2.97. The van der Waals surface area contributed by atoms with Crippen molar-refractivity contribution >= 4 is 27.5 Å². The maximum absolute atomic E-state index is 13.7. The van der Waals surface area contributed by atoms with E-state index in [1.54, 1.807) is 30.7 Å². The average Bonchev–Trinajstić information content (AvgIpc) is 2.93. The molecule has 0 aliphatic carbocycles. The largest absolute Gasteiger partial charge is 0.501 e. The van der Waals surface area contributed by atoms with E-state index in [-0.39, 0.29) is 5.82 Å². The number of hydrogen-bond acceptors (Lipinski definition) is 4. The van der Waals surface area contributed by atoms with Crippen molar-refractivity contribution in [3.05, 3.63) is 53.6 Å². The van der Waals surface area contributed by atoms with Gasteiger partial charge in [-0.1, -0.05) is 12.1 Å². The van der Waals surface area contributed by atoms with Crippen LogP contribution in [0.2, 0.25) is 0 Å². The van der Waals surface area contributed by atoms with Gasteiger partial charge < -0.3 is 4.74 Å². The van der Waals surface area contributed by atoms with E-state index in [1.165, 1.54) is 17.4 Å². The lowest BCUT2D eigenvalue weighted by atomic mass is 10.1. The Hall–Kier alpha value is -2.27. The average molecular weight is 300 g/mol. The summed E-state index contributed by atoms with van der Waals surface area (Å²) in [5.74, 6) is 0.377. The molecule has 1 aromatic carbocycles. The summed E-state index contributed by atoms with van der Waals surface area (Å²) >= 11 is 1.37. The Morgan fingerprint density at radius 3 is 3.10 bits per heavy atom. The van der Waals surface area contributed by atoms with Crippen LogP contribution in [0.3, 0.4) is 0 Å². The van der Waals surface area contributed by atoms with Crippen LogP contribution >= 0.6 is 11.3 Å². The van der Waals surface area contributed by atoms with Gasteiger partial charge in [0.1, 0.15) is 5.82 Å². The highest BCUT2D eigenvalue weighted by molar-refractivity contribution is 7.17. The second-order valence-corrected chi connectivity index (χ2v) is 5.21. The fraction of sp³-hybridized carbons (Fsp3) is 0.125. The molecule has 3 rings (SSSR count). The third-order valence-corrected chi connectivity index (χ3v) is 3.98. The molecule has 0 fully saturated rings. The zero-order chi connectivity index (χ0) is 14.7. The first-order chi connectivity index (χ1) is 10.3. The lowest BCUT2D eigenvalue weighted by Crippen LogP contribution is -1.90. The fourth-order valence-corrected chi connectivity index (χ4v) is 2.96. The number of benzene rings is 1. The van der Waals surface area contributed by atoms with Gasteiger partial charge in [-0.2, -0.15) is 0 Å². The van der Waals surface area contributed by atoms with E-state index in [9.17, 15) is 4.39 Å². The summed E-state index contributed by atoms with van der Waals surface area (Å²) in [6.45, 7) is 2.53. The van der Waals surface area contributed by atoms with E-state index in [0.29, 0.717) is 17.1 Å². The lowest BCUT2D eigenvalue weighted by molar-refractivity contribution is 0.272. The number of nitrogens with zero attached hydrogens (tertiary/aromatic N) is 2. The van der Waals surface area contributed by atoms with Crippen molar-refractivity contribution in [1.82, 2.24) is 9.97 Å². The first-order valence-corrected chi connectivity index (χ1v) is 7.45. The van der Waals surface area contributed by atoms with Gasteiger partial charge in [0, 0.05) is 22.5 Å². The van der Waals surface area contributed by atoms with Crippen molar-refractivity contribution in [1.29, 1.82) is 0 Å². The number of fused-ring (bicyclic) bond motifs is 1. The molecule has 21 heavy (non-hydrogen) atoms. The van der Waals surface area contributed by atoms with Gasteiger partial charge in [-0.05, 0) is 25.1 Å². The van der Waals surface area contributed by atoms with E-state index in [4.69, 9.17) is 4.74 Å². The van der Waals surface area contributed by atoms with Gasteiger partial charge in [0.05, 0.1) is 23.3 Å². The van der Waals surface area contributed by atoms with Gasteiger partial charge in [-0.25, -0.2) is 14.4 Å². The Morgan fingerprint density at radius 2 is 2.24 bits per heavy atom. The minimum Gasteiger partial charge on any atom is -0.501 e. The molecule has 0 N–H and O–H groups in total. The molecule has 0 radical (unpaired) electrons. The quantitative estimate of drug-likeness (QED) is 0.665. The predicted octanol–water partition coefficient (Wildman–Crippen LogP) is 4.50. The number of rotatable bonds is 4.